The molecule has 0 saturated carbocycles. The van der Waals surface area contributed by atoms with Crippen LogP contribution in [0.1, 0.15) is 43.4 Å². The lowest BCUT2D eigenvalue weighted by Gasteiger charge is -1.98. The summed E-state index contributed by atoms with van der Waals surface area (Å²) in [6.45, 7) is 4.37. The maximum absolute atomic E-state index is 5.25. The molecule has 0 aliphatic heterocycles. The van der Waals surface area contributed by atoms with Crippen LogP contribution in [0.25, 0.3) is 0 Å². The number of hydrogen-bond donors (Lipinski definition) is 0. The molecular weight excluding hydrogens is 240 g/mol. The summed E-state index contributed by atoms with van der Waals surface area (Å²) in [4.78, 5) is 0. The van der Waals surface area contributed by atoms with Crippen LogP contribution in [0.5, 0.6) is 0 Å². The lowest BCUT2D eigenvalue weighted by atomic mass is 10.1. The highest BCUT2D eigenvalue weighted by molar-refractivity contribution is 5.34. The van der Waals surface area contributed by atoms with Crippen molar-refractivity contribution in [3.63, 3.8) is 0 Å². The molecular formula is C20H24. The smallest absolute Gasteiger partial charge is 0.0242 e. The van der Waals surface area contributed by atoms with Gasteiger partial charge in [-0.1, -0.05) is 68.7 Å². The molecule has 104 valence electrons. The molecule has 0 nitrogen and oxygen atoms in total. The molecule has 0 amide bonds. The third-order valence-electron chi connectivity index (χ3n) is 3.19. The average molecular weight is 264 g/mol. The second-order valence-corrected chi connectivity index (χ2v) is 4.78. The van der Waals surface area contributed by atoms with Gasteiger partial charge in [-0.2, -0.15) is 0 Å². The number of unbranched alkanes of at least 4 members (excludes halogenated alkanes) is 1. The van der Waals surface area contributed by atoms with E-state index in [9.17, 15) is 0 Å². The van der Waals surface area contributed by atoms with Crippen LogP contribution in [0.3, 0.4) is 0 Å². The molecule has 0 aromatic heterocycles. The molecule has 0 heterocycles. The summed E-state index contributed by atoms with van der Waals surface area (Å²) in [6, 6.07) is 18.7. The maximum atomic E-state index is 5.25. The van der Waals surface area contributed by atoms with Crippen molar-refractivity contribution in [3.05, 3.63) is 71.3 Å². The first-order valence-electron chi connectivity index (χ1n) is 7.39. The Balaban J connectivity index is 0.000000217. The molecule has 0 unspecified atom stereocenters. The summed E-state index contributed by atoms with van der Waals surface area (Å²) in [6.07, 6.45) is 10.1. The quantitative estimate of drug-likeness (QED) is 0.661. The van der Waals surface area contributed by atoms with Gasteiger partial charge >= 0.3 is 0 Å². The third kappa shape index (κ3) is 6.25. The van der Waals surface area contributed by atoms with Gasteiger partial charge in [0.15, 0.2) is 0 Å². The zero-order chi connectivity index (χ0) is 14.6. The van der Waals surface area contributed by atoms with Crippen LogP contribution in [0, 0.1) is 12.3 Å². The van der Waals surface area contributed by atoms with Gasteiger partial charge in [-0.15, -0.1) is 6.42 Å². The van der Waals surface area contributed by atoms with Gasteiger partial charge < -0.3 is 0 Å². The van der Waals surface area contributed by atoms with Crippen LogP contribution >= 0.6 is 0 Å². The zero-order valence-corrected chi connectivity index (χ0v) is 12.6. The SMILES string of the molecule is C#Cc1ccc(CCCC)cc1.CCc1ccccc1. The van der Waals surface area contributed by atoms with Crippen LogP contribution in [-0.2, 0) is 12.8 Å². The zero-order valence-electron chi connectivity index (χ0n) is 12.6. The monoisotopic (exact) mass is 264 g/mol. The van der Waals surface area contributed by atoms with Gasteiger partial charge in [0.2, 0.25) is 0 Å². The summed E-state index contributed by atoms with van der Waals surface area (Å²) < 4.78 is 0. The Morgan fingerprint density at radius 3 is 1.95 bits per heavy atom. The van der Waals surface area contributed by atoms with Gasteiger partial charge in [-0.3, -0.25) is 0 Å². The second-order valence-electron chi connectivity index (χ2n) is 4.78. The number of rotatable bonds is 4. The van der Waals surface area contributed by atoms with Crippen molar-refractivity contribution < 1.29 is 0 Å². The van der Waals surface area contributed by atoms with E-state index in [-0.39, 0.29) is 0 Å². The Bertz CT molecular complexity index is 500. The number of benzene rings is 2. The van der Waals surface area contributed by atoms with Gasteiger partial charge in [0.25, 0.3) is 0 Å². The fourth-order valence-corrected chi connectivity index (χ4v) is 1.86. The molecule has 0 N–H and O–H groups in total. The first-order valence-corrected chi connectivity index (χ1v) is 7.39. The molecule has 0 fully saturated rings. The predicted octanol–water partition coefficient (Wildman–Crippen LogP) is 5.26. The summed E-state index contributed by atoms with van der Waals surface area (Å²) in [7, 11) is 0. The summed E-state index contributed by atoms with van der Waals surface area (Å²) in [5.41, 5.74) is 3.76. The molecule has 0 saturated heterocycles. The van der Waals surface area contributed by atoms with E-state index in [1.54, 1.807) is 0 Å². The fourth-order valence-electron chi connectivity index (χ4n) is 1.86. The number of aryl methyl sites for hydroxylation is 2. The van der Waals surface area contributed by atoms with Gasteiger partial charge in [-0.25, -0.2) is 0 Å². The fraction of sp³-hybridized carbons (Fsp3) is 0.300. The molecule has 0 aliphatic carbocycles. The molecule has 2 aromatic carbocycles. The molecule has 0 bridgehead atoms. The number of terminal acetylenes is 1. The molecule has 2 aromatic rings. The van der Waals surface area contributed by atoms with E-state index in [0.717, 1.165) is 12.0 Å². The van der Waals surface area contributed by atoms with Crippen LogP contribution in [0.2, 0.25) is 0 Å². The van der Waals surface area contributed by atoms with Crippen molar-refractivity contribution in [1.82, 2.24) is 0 Å². The Kier molecular flexibility index (Phi) is 7.92. The maximum Gasteiger partial charge on any atom is 0.0242 e. The van der Waals surface area contributed by atoms with E-state index < -0.39 is 0 Å². The minimum atomic E-state index is 0.968. The summed E-state index contributed by atoms with van der Waals surface area (Å²) in [5.74, 6) is 2.61. The molecule has 0 heteroatoms. The van der Waals surface area contributed by atoms with Crippen molar-refractivity contribution in [3.8, 4) is 12.3 Å². The van der Waals surface area contributed by atoms with Crippen molar-refractivity contribution in [1.29, 1.82) is 0 Å². The van der Waals surface area contributed by atoms with E-state index in [0.29, 0.717) is 0 Å². The summed E-state index contributed by atoms with van der Waals surface area (Å²) >= 11 is 0. The van der Waals surface area contributed by atoms with Gasteiger partial charge in [0.1, 0.15) is 0 Å². The lowest BCUT2D eigenvalue weighted by molar-refractivity contribution is 0.795. The highest BCUT2D eigenvalue weighted by Crippen LogP contribution is 2.06. The highest BCUT2D eigenvalue weighted by Gasteiger charge is 1.91. The van der Waals surface area contributed by atoms with Gasteiger partial charge in [0, 0.05) is 5.56 Å². The van der Waals surface area contributed by atoms with Gasteiger partial charge in [-0.05, 0) is 42.5 Å². The van der Waals surface area contributed by atoms with Crippen molar-refractivity contribution >= 4 is 0 Å². The molecule has 0 spiro atoms. The van der Waals surface area contributed by atoms with E-state index >= 15 is 0 Å². The minimum Gasteiger partial charge on any atom is -0.115 e. The molecule has 2 rings (SSSR count). The first kappa shape index (κ1) is 16.1. The largest absolute Gasteiger partial charge is 0.115 e. The van der Waals surface area contributed by atoms with Crippen LogP contribution in [0.15, 0.2) is 54.6 Å². The Morgan fingerprint density at radius 1 is 0.850 bits per heavy atom. The van der Waals surface area contributed by atoms with Crippen LogP contribution < -0.4 is 0 Å². The summed E-state index contributed by atoms with van der Waals surface area (Å²) in [5, 5.41) is 0. The first-order chi connectivity index (χ1) is 9.80. The van der Waals surface area contributed by atoms with E-state index in [2.05, 4.69) is 56.2 Å². The molecule has 20 heavy (non-hydrogen) atoms. The van der Waals surface area contributed by atoms with E-state index in [1.807, 2.05) is 18.2 Å². The molecule has 0 atom stereocenters. The lowest BCUT2D eigenvalue weighted by Crippen LogP contribution is -1.84. The van der Waals surface area contributed by atoms with Crippen molar-refractivity contribution in [2.75, 3.05) is 0 Å². The Morgan fingerprint density at radius 2 is 1.50 bits per heavy atom. The molecule has 0 radical (unpaired) electrons. The standard InChI is InChI=1S/C12H14.C8H10/c1-3-5-6-12-9-7-11(4-2)8-10-12;1-2-8-6-4-3-5-7-8/h2,7-10H,3,5-6H2,1H3;3-7H,2H2,1H3. The van der Waals surface area contributed by atoms with E-state index in [1.165, 1.54) is 30.4 Å². The predicted molar refractivity (Wildman–Crippen MR) is 88.8 cm³/mol. The third-order valence-corrected chi connectivity index (χ3v) is 3.19. The second kappa shape index (κ2) is 9.87. The Labute approximate surface area is 123 Å². The van der Waals surface area contributed by atoms with Crippen molar-refractivity contribution in [2.24, 2.45) is 0 Å². The van der Waals surface area contributed by atoms with Gasteiger partial charge in [0.05, 0.1) is 0 Å². The van der Waals surface area contributed by atoms with E-state index in [4.69, 9.17) is 6.42 Å². The average Bonchev–Trinajstić information content (AvgIpc) is 2.54. The number of hydrogen-bond acceptors (Lipinski definition) is 0. The Hall–Kier alpha value is -2.00. The molecule has 0 aliphatic rings. The van der Waals surface area contributed by atoms with Crippen LogP contribution in [-0.4, -0.2) is 0 Å². The normalized spacial score (nSPS) is 9.25. The topological polar surface area (TPSA) is 0 Å². The highest BCUT2D eigenvalue weighted by atomic mass is 14.0. The minimum absolute atomic E-state index is 0.968. The van der Waals surface area contributed by atoms with Crippen LogP contribution in [0.4, 0.5) is 0 Å². The van der Waals surface area contributed by atoms with Crippen molar-refractivity contribution in [2.45, 2.75) is 39.5 Å².